The fraction of sp³-hybridized carbons (Fsp3) is 0.444. The molecular weight excluding hydrogens is 215 g/mol. The zero-order valence-electron chi connectivity index (χ0n) is 8.36. The Hall–Kier alpha value is -1.69. The van der Waals surface area contributed by atoms with E-state index in [1.54, 1.807) is 0 Å². The molecule has 2 unspecified atom stereocenters. The number of azide groups is 1. The van der Waals surface area contributed by atoms with Gasteiger partial charge in [-0.2, -0.15) is 0 Å². The standard InChI is InChI=1S/C9H11FN4O2/c10-7-3-6(4-12-5-7)9(16)8(15)1-2-13-14-11/h3-5,8-9,15-16H,1-2H2. The molecule has 0 fully saturated rings. The Labute approximate surface area is 91.0 Å². The van der Waals surface area contributed by atoms with Crippen LogP contribution in [-0.4, -0.2) is 27.8 Å². The quantitative estimate of drug-likeness (QED) is 0.449. The van der Waals surface area contributed by atoms with Crippen molar-refractivity contribution in [1.29, 1.82) is 0 Å². The van der Waals surface area contributed by atoms with Gasteiger partial charge in [0.2, 0.25) is 0 Å². The van der Waals surface area contributed by atoms with E-state index in [2.05, 4.69) is 15.0 Å². The van der Waals surface area contributed by atoms with E-state index in [4.69, 9.17) is 5.53 Å². The molecule has 2 N–H and O–H groups in total. The van der Waals surface area contributed by atoms with Crippen molar-refractivity contribution in [1.82, 2.24) is 4.98 Å². The first-order chi connectivity index (χ1) is 7.65. The van der Waals surface area contributed by atoms with E-state index in [1.165, 1.54) is 6.20 Å². The number of aliphatic hydroxyl groups is 2. The third kappa shape index (κ3) is 3.47. The summed E-state index contributed by atoms with van der Waals surface area (Å²) >= 11 is 0. The van der Waals surface area contributed by atoms with Gasteiger partial charge in [0.1, 0.15) is 11.9 Å². The van der Waals surface area contributed by atoms with Gasteiger partial charge in [-0.3, -0.25) is 4.98 Å². The van der Waals surface area contributed by atoms with Gasteiger partial charge in [-0.15, -0.1) is 0 Å². The van der Waals surface area contributed by atoms with Crippen LogP contribution >= 0.6 is 0 Å². The molecule has 0 aromatic carbocycles. The maximum atomic E-state index is 12.8. The second-order valence-electron chi connectivity index (χ2n) is 3.19. The van der Waals surface area contributed by atoms with Crippen LogP contribution in [-0.2, 0) is 0 Å². The Balaban J connectivity index is 2.62. The predicted molar refractivity (Wildman–Crippen MR) is 53.8 cm³/mol. The van der Waals surface area contributed by atoms with Crippen molar-refractivity contribution in [3.63, 3.8) is 0 Å². The van der Waals surface area contributed by atoms with Gasteiger partial charge < -0.3 is 10.2 Å². The molecule has 0 bridgehead atoms. The second kappa shape index (κ2) is 6.02. The van der Waals surface area contributed by atoms with E-state index in [-0.39, 0.29) is 18.5 Å². The number of aromatic nitrogens is 1. The Morgan fingerprint density at radius 1 is 1.50 bits per heavy atom. The van der Waals surface area contributed by atoms with E-state index < -0.39 is 18.0 Å². The summed E-state index contributed by atoms with van der Waals surface area (Å²) in [5.74, 6) is -0.584. The average Bonchev–Trinajstić information content (AvgIpc) is 2.28. The molecule has 1 aromatic rings. The van der Waals surface area contributed by atoms with Crippen LogP contribution in [0.1, 0.15) is 18.1 Å². The summed E-state index contributed by atoms with van der Waals surface area (Å²) in [4.78, 5) is 6.07. The van der Waals surface area contributed by atoms with E-state index in [0.717, 1.165) is 12.3 Å². The summed E-state index contributed by atoms with van der Waals surface area (Å²) in [5, 5.41) is 22.4. The summed E-state index contributed by atoms with van der Waals surface area (Å²) in [6.07, 6.45) is 0.0145. The minimum Gasteiger partial charge on any atom is -0.390 e. The molecule has 1 aromatic heterocycles. The van der Waals surface area contributed by atoms with Crippen LogP contribution < -0.4 is 0 Å². The summed E-state index contributed by atoms with van der Waals surface area (Å²) < 4.78 is 12.8. The largest absolute Gasteiger partial charge is 0.390 e. The minimum absolute atomic E-state index is 0.0669. The first-order valence-corrected chi connectivity index (χ1v) is 4.62. The number of nitrogens with zero attached hydrogens (tertiary/aromatic N) is 4. The Morgan fingerprint density at radius 2 is 2.25 bits per heavy atom. The van der Waals surface area contributed by atoms with E-state index in [0.29, 0.717) is 0 Å². The maximum Gasteiger partial charge on any atom is 0.141 e. The second-order valence-corrected chi connectivity index (χ2v) is 3.19. The van der Waals surface area contributed by atoms with Gasteiger partial charge in [-0.05, 0) is 18.0 Å². The minimum atomic E-state index is -1.24. The average molecular weight is 226 g/mol. The van der Waals surface area contributed by atoms with Crippen molar-refractivity contribution in [2.75, 3.05) is 6.54 Å². The molecule has 0 aliphatic rings. The number of halogens is 1. The van der Waals surface area contributed by atoms with Crippen molar-refractivity contribution in [2.24, 2.45) is 5.11 Å². The zero-order valence-corrected chi connectivity index (χ0v) is 8.36. The molecule has 0 saturated carbocycles. The molecule has 1 heterocycles. The van der Waals surface area contributed by atoms with Crippen LogP contribution in [0.5, 0.6) is 0 Å². The molecule has 0 spiro atoms. The normalized spacial score (nSPS) is 13.9. The Kier molecular flexibility index (Phi) is 4.65. The first kappa shape index (κ1) is 12.4. The highest BCUT2D eigenvalue weighted by molar-refractivity contribution is 5.14. The Morgan fingerprint density at radius 3 is 2.88 bits per heavy atom. The topological polar surface area (TPSA) is 102 Å². The fourth-order valence-corrected chi connectivity index (χ4v) is 1.20. The molecular formula is C9H11FN4O2. The lowest BCUT2D eigenvalue weighted by Gasteiger charge is -2.16. The van der Waals surface area contributed by atoms with Gasteiger partial charge in [-0.1, -0.05) is 5.11 Å². The van der Waals surface area contributed by atoms with Crippen LogP contribution in [0, 0.1) is 5.82 Å². The summed E-state index contributed by atoms with van der Waals surface area (Å²) in [7, 11) is 0. The lowest BCUT2D eigenvalue weighted by Crippen LogP contribution is -2.19. The first-order valence-electron chi connectivity index (χ1n) is 4.62. The molecule has 2 atom stereocenters. The smallest absolute Gasteiger partial charge is 0.141 e. The van der Waals surface area contributed by atoms with Crippen molar-refractivity contribution in [2.45, 2.75) is 18.6 Å². The molecule has 16 heavy (non-hydrogen) atoms. The summed E-state index contributed by atoms with van der Waals surface area (Å²) in [6.45, 7) is 0.0669. The van der Waals surface area contributed by atoms with Crippen LogP contribution in [0.2, 0.25) is 0 Å². The third-order valence-electron chi connectivity index (χ3n) is 2.02. The molecule has 0 aliphatic heterocycles. The maximum absolute atomic E-state index is 12.8. The van der Waals surface area contributed by atoms with Crippen LogP contribution in [0.15, 0.2) is 23.6 Å². The van der Waals surface area contributed by atoms with Crippen molar-refractivity contribution in [3.8, 4) is 0 Å². The molecule has 1 rings (SSSR count). The number of aliphatic hydroxyl groups excluding tert-OH is 2. The van der Waals surface area contributed by atoms with Crippen molar-refractivity contribution in [3.05, 3.63) is 40.3 Å². The van der Waals surface area contributed by atoms with Crippen LogP contribution in [0.4, 0.5) is 4.39 Å². The van der Waals surface area contributed by atoms with Gasteiger partial charge in [0, 0.05) is 23.2 Å². The predicted octanol–water partition coefficient (Wildman–Crippen LogP) is 1.32. The summed E-state index contributed by atoms with van der Waals surface area (Å²) in [5.41, 5.74) is 8.21. The molecule has 6 nitrogen and oxygen atoms in total. The lowest BCUT2D eigenvalue weighted by molar-refractivity contribution is 0.0147. The van der Waals surface area contributed by atoms with Crippen LogP contribution in [0.25, 0.3) is 10.4 Å². The van der Waals surface area contributed by atoms with Crippen LogP contribution in [0.3, 0.4) is 0 Å². The molecule has 0 radical (unpaired) electrons. The monoisotopic (exact) mass is 226 g/mol. The number of rotatable bonds is 5. The molecule has 0 amide bonds. The highest BCUT2D eigenvalue weighted by atomic mass is 19.1. The number of hydrogen-bond acceptors (Lipinski definition) is 4. The zero-order chi connectivity index (χ0) is 12.0. The highest BCUT2D eigenvalue weighted by Crippen LogP contribution is 2.18. The molecule has 86 valence electrons. The van der Waals surface area contributed by atoms with Gasteiger partial charge >= 0.3 is 0 Å². The van der Waals surface area contributed by atoms with Gasteiger partial charge in [0.05, 0.1) is 12.3 Å². The molecule has 0 saturated heterocycles. The SMILES string of the molecule is [N-]=[N+]=NCCC(O)C(O)c1cncc(F)c1. The van der Waals surface area contributed by atoms with E-state index >= 15 is 0 Å². The fourth-order valence-electron chi connectivity index (χ4n) is 1.20. The van der Waals surface area contributed by atoms with Crippen molar-refractivity contribution < 1.29 is 14.6 Å². The molecule has 0 aliphatic carbocycles. The molecule has 7 heteroatoms. The van der Waals surface area contributed by atoms with Gasteiger partial charge in [-0.25, -0.2) is 4.39 Å². The lowest BCUT2D eigenvalue weighted by atomic mass is 10.0. The van der Waals surface area contributed by atoms with Gasteiger partial charge in [0.25, 0.3) is 0 Å². The summed E-state index contributed by atoms with van der Waals surface area (Å²) in [6, 6.07) is 1.09. The Bertz CT molecular complexity index is 395. The number of pyridine rings is 1. The third-order valence-corrected chi connectivity index (χ3v) is 2.02. The van der Waals surface area contributed by atoms with E-state index in [9.17, 15) is 14.6 Å². The number of hydrogen-bond donors (Lipinski definition) is 2. The highest BCUT2D eigenvalue weighted by Gasteiger charge is 2.18. The van der Waals surface area contributed by atoms with E-state index in [1.807, 2.05) is 0 Å². The van der Waals surface area contributed by atoms with Crippen molar-refractivity contribution >= 4 is 0 Å². The van der Waals surface area contributed by atoms with Gasteiger partial charge in [0.15, 0.2) is 0 Å².